The van der Waals surface area contributed by atoms with Gasteiger partial charge in [0.1, 0.15) is 0 Å². The zero-order valence-corrected chi connectivity index (χ0v) is 5.12. The topological polar surface area (TPSA) is 3.88 Å². The molecule has 0 bridgehead atoms. The monoisotopic (exact) mass is 118 g/mol. The normalized spacial score (nSPS) is 8.33. The molecule has 44 valence electrons. The third-order valence-electron chi connectivity index (χ3n) is 1.05. The molecule has 0 radical (unpaired) electrons. The predicted octanol–water partition coefficient (Wildman–Crippen LogP) is 0.607. The molecule has 0 atom stereocenters. The van der Waals surface area contributed by atoms with Crippen molar-refractivity contribution < 1.29 is 4.57 Å². The molecule has 0 aliphatic heterocycles. The van der Waals surface area contributed by atoms with Crippen LogP contribution in [0.5, 0.6) is 0 Å². The first-order valence-corrected chi connectivity index (χ1v) is 2.81. The van der Waals surface area contributed by atoms with E-state index in [4.69, 9.17) is 6.42 Å². The van der Waals surface area contributed by atoms with E-state index in [0.717, 1.165) is 0 Å². The van der Waals surface area contributed by atoms with E-state index in [2.05, 4.69) is 5.92 Å². The molecule has 1 heteroatoms. The quantitative estimate of drug-likeness (QED) is 0.375. The molecule has 0 unspecified atom stereocenters. The molecule has 0 aromatic carbocycles. The highest BCUT2D eigenvalue weighted by atomic mass is 14.9. The molecule has 0 saturated carbocycles. The number of aromatic nitrogens is 1. The van der Waals surface area contributed by atoms with E-state index >= 15 is 0 Å². The first-order valence-electron chi connectivity index (χ1n) is 2.81. The second-order valence-electron chi connectivity index (χ2n) is 1.75. The van der Waals surface area contributed by atoms with Gasteiger partial charge in [0.15, 0.2) is 12.4 Å². The van der Waals surface area contributed by atoms with Gasteiger partial charge >= 0.3 is 0 Å². The average Bonchev–Trinajstić information content (AvgIpc) is 1.91. The number of hydrogen-bond donors (Lipinski definition) is 0. The maximum Gasteiger partial charge on any atom is 0.208 e. The van der Waals surface area contributed by atoms with Crippen molar-refractivity contribution in [2.75, 3.05) is 0 Å². The van der Waals surface area contributed by atoms with Gasteiger partial charge in [-0.15, -0.1) is 6.42 Å². The molecule has 1 aromatic heterocycles. The van der Waals surface area contributed by atoms with E-state index in [0.29, 0.717) is 6.54 Å². The lowest BCUT2D eigenvalue weighted by Crippen LogP contribution is -2.31. The Morgan fingerprint density at radius 1 is 1.22 bits per heavy atom. The van der Waals surface area contributed by atoms with Gasteiger partial charge in [0.05, 0.1) is 0 Å². The molecule has 1 heterocycles. The fourth-order valence-electron chi connectivity index (χ4n) is 0.645. The number of rotatable bonds is 1. The van der Waals surface area contributed by atoms with Crippen LogP contribution < -0.4 is 4.57 Å². The lowest BCUT2D eigenvalue weighted by atomic mass is 10.5. The zero-order valence-electron chi connectivity index (χ0n) is 5.12. The van der Waals surface area contributed by atoms with Crippen LogP contribution in [0.25, 0.3) is 0 Å². The maximum absolute atomic E-state index is 5.09. The third-order valence-corrected chi connectivity index (χ3v) is 1.05. The maximum atomic E-state index is 5.09. The summed E-state index contributed by atoms with van der Waals surface area (Å²) in [5.41, 5.74) is 0. The first-order chi connectivity index (χ1) is 4.43. The lowest BCUT2D eigenvalue weighted by molar-refractivity contribution is -0.684. The van der Waals surface area contributed by atoms with Gasteiger partial charge in [0.2, 0.25) is 6.54 Å². The second kappa shape index (κ2) is 2.88. The largest absolute Gasteiger partial charge is 0.208 e. The zero-order chi connectivity index (χ0) is 6.53. The summed E-state index contributed by atoms with van der Waals surface area (Å²) in [5.74, 6) is 2.55. The summed E-state index contributed by atoms with van der Waals surface area (Å²) in [6.07, 6.45) is 8.98. The van der Waals surface area contributed by atoms with Crippen molar-refractivity contribution in [2.24, 2.45) is 0 Å². The molecule has 0 aliphatic rings. The molecule has 0 aliphatic carbocycles. The Bertz CT molecular complexity index is 208. The van der Waals surface area contributed by atoms with Crippen LogP contribution in [0.4, 0.5) is 0 Å². The third kappa shape index (κ3) is 1.58. The molecule has 0 spiro atoms. The van der Waals surface area contributed by atoms with E-state index < -0.39 is 0 Å². The van der Waals surface area contributed by atoms with Gasteiger partial charge in [0.25, 0.3) is 0 Å². The van der Waals surface area contributed by atoms with Gasteiger partial charge in [0, 0.05) is 12.1 Å². The Labute approximate surface area is 55.0 Å². The van der Waals surface area contributed by atoms with E-state index in [1.165, 1.54) is 0 Å². The van der Waals surface area contributed by atoms with E-state index in [1.54, 1.807) is 0 Å². The lowest BCUT2D eigenvalue weighted by Gasteiger charge is -1.84. The molecular formula is C8H8N+. The van der Waals surface area contributed by atoms with Crippen molar-refractivity contribution in [3.63, 3.8) is 0 Å². The van der Waals surface area contributed by atoms with E-state index in [1.807, 2.05) is 35.2 Å². The Morgan fingerprint density at radius 2 is 1.89 bits per heavy atom. The van der Waals surface area contributed by atoms with Gasteiger partial charge in [-0.25, -0.2) is 0 Å². The summed E-state index contributed by atoms with van der Waals surface area (Å²) in [6, 6.07) is 5.88. The molecule has 1 nitrogen and oxygen atoms in total. The molecule has 9 heavy (non-hydrogen) atoms. The van der Waals surface area contributed by atoms with Crippen LogP contribution in [0, 0.1) is 12.3 Å². The highest BCUT2D eigenvalue weighted by Crippen LogP contribution is 1.74. The van der Waals surface area contributed by atoms with Crippen molar-refractivity contribution in [1.29, 1.82) is 0 Å². The molecule has 1 aromatic rings. The van der Waals surface area contributed by atoms with Crippen molar-refractivity contribution in [3.8, 4) is 12.3 Å². The molecule has 1 rings (SSSR count). The molecule has 0 saturated heterocycles. The second-order valence-corrected chi connectivity index (χ2v) is 1.75. The molecule has 0 amide bonds. The predicted molar refractivity (Wildman–Crippen MR) is 35.5 cm³/mol. The Hall–Kier alpha value is -1.29. The summed E-state index contributed by atoms with van der Waals surface area (Å²) in [4.78, 5) is 0. The smallest absolute Gasteiger partial charge is 0.194 e. The van der Waals surface area contributed by atoms with Crippen molar-refractivity contribution in [3.05, 3.63) is 30.6 Å². The van der Waals surface area contributed by atoms with Gasteiger partial charge in [-0.3, -0.25) is 0 Å². The minimum atomic E-state index is 0.654. The van der Waals surface area contributed by atoms with Crippen LogP contribution >= 0.6 is 0 Å². The van der Waals surface area contributed by atoms with Crippen LogP contribution in [0.3, 0.4) is 0 Å². The molecular weight excluding hydrogens is 110 g/mol. The Morgan fingerprint density at radius 3 is 2.44 bits per heavy atom. The molecule has 0 fully saturated rings. The van der Waals surface area contributed by atoms with Crippen molar-refractivity contribution in [1.82, 2.24) is 0 Å². The number of pyridine rings is 1. The summed E-state index contributed by atoms with van der Waals surface area (Å²) >= 11 is 0. The van der Waals surface area contributed by atoms with Gasteiger partial charge in [-0.2, -0.15) is 4.57 Å². The number of hydrogen-bond acceptors (Lipinski definition) is 0. The van der Waals surface area contributed by atoms with Gasteiger partial charge in [-0.1, -0.05) is 6.07 Å². The van der Waals surface area contributed by atoms with Crippen molar-refractivity contribution >= 4 is 0 Å². The fraction of sp³-hybridized carbons (Fsp3) is 0.125. The summed E-state index contributed by atoms with van der Waals surface area (Å²) < 4.78 is 1.94. The number of nitrogens with zero attached hydrogens (tertiary/aromatic N) is 1. The highest BCUT2D eigenvalue weighted by Gasteiger charge is 1.88. The Kier molecular flexibility index (Phi) is 1.87. The van der Waals surface area contributed by atoms with Crippen LogP contribution in [0.2, 0.25) is 0 Å². The summed E-state index contributed by atoms with van der Waals surface area (Å²) in [6.45, 7) is 0.654. The minimum Gasteiger partial charge on any atom is -0.194 e. The van der Waals surface area contributed by atoms with Crippen LogP contribution in [0.1, 0.15) is 0 Å². The Balaban J connectivity index is 2.76. The molecule has 0 N–H and O–H groups in total. The van der Waals surface area contributed by atoms with Gasteiger partial charge in [-0.05, 0) is 5.92 Å². The van der Waals surface area contributed by atoms with Crippen LogP contribution in [-0.2, 0) is 6.54 Å². The van der Waals surface area contributed by atoms with Gasteiger partial charge < -0.3 is 0 Å². The highest BCUT2D eigenvalue weighted by molar-refractivity contribution is 4.85. The van der Waals surface area contributed by atoms with Crippen LogP contribution in [-0.4, -0.2) is 0 Å². The summed E-state index contributed by atoms with van der Waals surface area (Å²) in [7, 11) is 0. The van der Waals surface area contributed by atoms with Crippen molar-refractivity contribution in [2.45, 2.75) is 6.54 Å². The summed E-state index contributed by atoms with van der Waals surface area (Å²) in [5, 5.41) is 0. The first kappa shape index (κ1) is 5.84. The minimum absolute atomic E-state index is 0.654. The SMILES string of the molecule is C#CC[n+]1ccccc1. The van der Waals surface area contributed by atoms with E-state index in [9.17, 15) is 0 Å². The van der Waals surface area contributed by atoms with E-state index in [-0.39, 0.29) is 0 Å². The average molecular weight is 118 g/mol. The number of terminal acetylenes is 1. The van der Waals surface area contributed by atoms with Crippen LogP contribution in [0.15, 0.2) is 30.6 Å². The standard InChI is InChI=1S/C8H8N/c1-2-6-9-7-4-3-5-8-9/h1,3-5,7-8H,6H2/q+1. The fourth-order valence-corrected chi connectivity index (χ4v) is 0.645.